The van der Waals surface area contributed by atoms with Crippen LogP contribution < -0.4 is 10.6 Å². The van der Waals surface area contributed by atoms with Crippen molar-refractivity contribution in [1.82, 2.24) is 10.2 Å². The van der Waals surface area contributed by atoms with Gasteiger partial charge in [0.1, 0.15) is 18.0 Å². The van der Waals surface area contributed by atoms with E-state index in [9.17, 15) is 19.5 Å². The lowest BCUT2D eigenvalue weighted by atomic mass is 10.0. The third-order valence-electron chi connectivity index (χ3n) is 4.42. The van der Waals surface area contributed by atoms with E-state index in [2.05, 4.69) is 10.6 Å². The standard InChI is InChI=1S/C21H21N3O4/c1-12-4-6-16(7-5-12)22-18(25)11-24-20(27)17(23-21(24)28)10-15-8-13(2)19(26)14(3)9-15/h4-10,26H,11H2,1-3H3,(H,22,25)(H,23,28)/b17-10-. The fraction of sp³-hybridized carbons (Fsp3) is 0.190. The lowest BCUT2D eigenvalue weighted by Gasteiger charge is -2.12. The predicted molar refractivity (Wildman–Crippen MR) is 106 cm³/mol. The van der Waals surface area contributed by atoms with Gasteiger partial charge in [-0.25, -0.2) is 9.69 Å². The normalized spacial score (nSPS) is 15.1. The number of aromatic hydroxyl groups is 1. The quantitative estimate of drug-likeness (QED) is 0.562. The molecule has 28 heavy (non-hydrogen) atoms. The minimum absolute atomic E-state index is 0.0811. The van der Waals surface area contributed by atoms with Crippen LogP contribution in [-0.2, 0) is 9.59 Å². The zero-order valence-corrected chi connectivity index (χ0v) is 15.9. The van der Waals surface area contributed by atoms with Crippen LogP contribution in [0.15, 0.2) is 42.1 Å². The molecule has 144 valence electrons. The Bertz CT molecular complexity index is 970. The summed E-state index contributed by atoms with van der Waals surface area (Å²) in [5.41, 5.74) is 3.73. The van der Waals surface area contributed by atoms with Gasteiger partial charge in [-0.3, -0.25) is 9.59 Å². The van der Waals surface area contributed by atoms with Gasteiger partial charge in [0.15, 0.2) is 0 Å². The number of benzene rings is 2. The zero-order valence-electron chi connectivity index (χ0n) is 15.9. The van der Waals surface area contributed by atoms with Gasteiger partial charge in [-0.05, 0) is 67.8 Å². The number of carbonyl (C=O) groups excluding carboxylic acids is 3. The maximum atomic E-state index is 12.5. The molecule has 3 N–H and O–H groups in total. The molecule has 1 saturated heterocycles. The average Bonchev–Trinajstić information content (AvgIpc) is 2.89. The highest BCUT2D eigenvalue weighted by Gasteiger charge is 2.34. The summed E-state index contributed by atoms with van der Waals surface area (Å²) in [5.74, 6) is -0.851. The molecular weight excluding hydrogens is 358 g/mol. The number of phenols is 1. The van der Waals surface area contributed by atoms with E-state index in [0.29, 0.717) is 22.4 Å². The van der Waals surface area contributed by atoms with Gasteiger partial charge in [-0.2, -0.15) is 0 Å². The first kappa shape index (κ1) is 19.2. The molecule has 0 atom stereocenters. The summed E-state index contributed by atoms with van der Waals surface area (Å²) < 4.78 is 0. The van der Waals surface area contributed by atoms with Crippen LogP contribution in [0.5, 0.6) is 5.75 Å². The summed E-state index contributed by atoms with van der Waals surface area (Å²) in [7, 11) is 0. The van der Waals surface area contributed by atoms with Crippen molar-refractivity contribution in [3.63, 3.8) is 0 Å². The third-order valence-corrected chi connectivity index (χ3v) is 4.42. The van der Waals surface area contributed by atoms with Crippen molar-refractivity contribution in [3.8, 4) is 5.75 Å². The first-order valence-corrected chi connectivity index (χ1v) is 8.76. The maximum absolute atomic E-state index is 12.5. The van der Waals surface area contributed by atoms with Crippen molar-refractivity contribution >= 4 is 29.6 Å². The number of nitrogens with zero attached hydrogens (tertiary/aromatic N) is 1. The Morgan fingerprint density at radius 1 is 1.11 bits per heavy atom. The molecule has 1 aliphatic rings. The van der Waals surface area contributed by atoms with E-state index in [-0.39, 0.29) is 18.0 Å². The Morgan fingerprint density at radius 3 is 2.32 bits per heavy atom. The molecule has 1 fully saturated rings. The molecule has 1 aliphatic heterocycles. The van der Waals surface area contributed by atoms with Crippen LogP contribution in [0.4, 0.5) is 10.5 Å². The van der Waals surface area contributed by atoms with Crippen molar-refractivity contribution in [2.45, 2.75) is 20.8 Å². The number of hydrogen-bond donors (Lipinski definition) is 3. The van der Waals surface area contributed by atoms with E-state index < -0.39 is 17.8 Å². The second kappa shape index (κ2) is 7.56. The second-order valence-corrected chi connectivity index (χ2v) is 6.80. The highest BCUT2D eigenvalue weighted by molar-refractivity contribution is 6.15. The van der Waals surface area contributed by atoms with Crippen molar-refractivity contribution in [1.29, 1.82) is 0 Å². The largest absolute Gasteiger partial charge is 0.507 e. The SMILES string of the molecule is Cc1ccc(NC(=O)CN2C(=O)N/C(=C\c3cc(C)c(O)c(C)c3)C2=O)cc1. The molecule has 2 aromatic rings. The van der Waals surface area contributed by atoms with Crippen LogP contribution >= 0.6 is 0 Å². The highest BCUT2D eigenvalue weighted by Crippen LogP contribution is 2.24. The molecule has 0 aliphatic carbocycles. The van der Waals surface area contributed by atoms with E-state index in [1.807, 2.05) is 19.1 Å². The summed E-state index contributed by atoms with van der Waals surface area (Å²) in [6.07, 6.45) is 1.53. The fourth-order valence-corrected chi connectivity index (χ4v) is 2.94. The third kappa shape index (κ3) is 4.03. The number of phenolic OH excluding ortho intramolecular Hbond substituents is 1. The molecule has 0 radical (unpaired) electrons. The molecule has 0 spiro atoms. The maximum Gasteiger partial charge on any atom is 0.329 e. The van der Waals surface area contributed by atoms with E-state index in [1.54, 1.807) is 38.1 Å². The van der Waals surface area contributed by atoms with Crippen LogP contribution in [0, 0.1) is 20.8 Å². The van der Waals surface area contributed by atoms with Crippen LogP contribution in [0.3, 0.4) is 0 Å². The molecule has 0 bridgehead atoms. The molecule has 0 saturated carbocycles. The first-order chi connectivity index (χ1) is 13.2. The Kier molecular flexibility index (Phi) is 5.17. The Morgan fingerprint density at radius 2 is 1.71 bits per heavy atom. The van der Waals surface area contributed by atoms with Gasteiger partial charge < -0.3 is 15.7 Å². The van der Waals surface area contributed by atoms with Crippen LogP contribution in [-0.4, -0.2) is 34.4 Å². The number of hydrogen-bond acceptors (Lipinski definition) is 4. The van der Waals surface area contributed by atoms with Crippen molar-refractivity contribution in [2.24, 2.45) is 0 Å². The number of urea groups is 1. The zero-order chi connectivity index (χ0) is 20.4. The van der Waals surface area contributed by atoms with Crippen molar-refractivity contribution in [3.05, 3.63) is 64.3 Å². The molecule has 2 aromatic carbocycles. The summed E-state index contributed by atoms with van der Waals surface area (Å²) in [6.45, 7) is 5.05. The van der Waals surface area contributed by atoms with E-state index in [0.717, 1.165) is 10.5 Å². The number of nitrogens with one attached hydrogen (secondary N) is 2. The van der Waals surface area contributed by atoms with Crippen LogP contribution in [0.2, 0.25) is 0 Å². The van der Waals surface area contributed by atoms with Crippen LogP contribution in [0.1, 0.15) is 22.3 Å². The van der Waals surface area contributed by atoms with Gasteiger partial charge in [-0.15, -0.1) is 0 Å². The minimum Gasteiger partial charge on any atom is -0.507 e. The lowest BCUT2D eigenvalue weighted by molar-refractivity contribution is -0.127. The van der Waals surface area contributed by atoms with Crippen molar-refractivity contribution < 1.29 is 19.5 Å². The highest BCUT2D eigenvalue weighted by atomic mass is 16.3. The Labute approximate surface area is 162 Å². The Hall–Kier alpha value is -3.61. The van der Waals surface area contributed by atoms with Gasteiger partial charge >= 0.3 is 6.03 Å². The van der Waals surface area contributed by atoms with Gasteiger partial charge in [-0.1, -0.05) is 17.7 Å². The van der Waals surface area contributed by atoms with E-state index >= 15 is 0 Å². The molecule has 0 unspecified atom stereocenters. The molecule has 7 heteroatoms. The fourth-order valence-electron chi connectivity index (χ4n) is 2.94. The summed E-state index contributed by atoms with van der Waals surface area (Å²) in [6, 6.07) is 9.98. The Balaban J connectivity index is 1.72. The summed E-state index contributed by atoms with van der Waals surface area (Å²) in [5, 5.41) is 15.0. The van der Waals surface area contributed by atoms with Gasteiger partial charge in [0, 0.05) is 5.69 Å². The summed E-state index contributed by atoms with van der Waals surface area (Å²) >= 11 is 0. The van der Waals surface area contributed by atoms with Crippen LogP contribution in [0.25, 0.3) is 6.08 Å². The second-order valence-electron chi connectivity index (χ2n) is 6.80. The summed E-state index contributed by atoms with van der Waals surface area (Å²) in [4.78, 5) is 37.7. The number of imide groups is 1. The van der Waals surface area contributed by atoms with E-state index in [1.165, 1.54) is 6.08 Å². The predicted octanol–water partition coefficient (Wildman–Crippen LogP) is 2.85. The minimum atomic E-state index is -0.650. The number of amides is 4. The first-order valence-electron chi connectivity index (χ1n) is 8.76. The number of anilines is 1. The average molecular weight is 379 g/mol. The number of rotatable bonds is 4. The van der Waals surface area contributed by atoms with Gasteiger partial charge in [0.05, 0.1) is 0 Å². The molecule has 7 nitrogen and oxygen atoms in total. The molecule has 0 aromatic heterocycles. The molecule has 4 amide bonds. The van der Waals surface area contributed by atoms with Gasteiger partial charge in [0.25, 0.3) is 5.91 Å². The monoisotopic (exact) mass is 379 g/mol. The van der Waals surface area contributed by atoms with Crippen molar-refractivity contribution in [2.75, 3.05) is 11.9 Å². The lowest BCUT2D eigenvalue weighted by Crippen LogP contribution is -2.38. The smallest absolute Gasteiger partial charge is 0.329 e. The molecule has 3 rings (SSSR count). The number of aryl methyl sites for hydroxylation is 3. The topological polar surface area (TPSA) is 98.7 Å². The van der Waals surface area contributed by atoms with E-state index in [4.69, 9.17) is 0 Å². The van der Waals surface area contributed by atoms with Gasteiger partial charge in [0.2, 0.25) is 5.91 Å². The number of carbonyl (C=O) groups is 3. The molecule has 1 heterocycles. The molecular formula is C21H21N3O4.